The molecule has 3 nitrogen and oxygen atoms in total. The fourth-order valence-corrected chi connectivity index (χ4v) is 3.33. The summed E-state index contributed by atoms with van der Waals surface area (Å²) >= 11 is 0. The Balaban J connectivity index is 1.56. The Bertz CT molecular complexity index is 232. The molecule has 0 spiro atoms. The molecule has 0 amide bonds. The topological polar surface area (TPSA) is 18.5 Å². The van der Waals surface area contributed by atoms with Crippen molar-refractivity contribution in [3.63, 3.8) is 0 Å². The zero-order valence-electron chi connectivity index (χ0n) is 13.0. The van der Waals surface area contributed by atoms with Crippen LogP contribution in [0.25, 0.3) is 0 Å². The summed E-state index contributed by atoms with van der Waals surface area (Å²) in [7, 11) is 2.28. The molecule has 0 radical (unpaired) electrons. The molecule has 1 saturated heterocycles. The van der Waals surface area contributed by atoms with Crippen LogP contribution in [-0.4, -0.2) is 61.7 Å². The van der Waals surface area contributed by atoms with Gasteiger partial charge < -0.3 is 15.1 Å². The van der Waals surface area contributed by atoms with Gasteiger partial charge in [0.25, 0.3) is 0 Å². The van der Waals surface area contributed by atoms with Gasteiger partial charge in [0.2, 0.25) is 0 Å². The molecule has 112 valence electrons. The maximum Gasteiger partial charge on any atom is 0.0189 e. The molecule has 2 rings (SSSR count). The van der Waals surface area contributed by atoms with Crippen molar-refractivity contribution in [2.75, 3.05) is 39.8 Å². The van der Waals surface area contributed by atoms with Gasteiger partial charge in [-0.1, -0.05) is 19.3 Å². The van der Waals surface area contributed by atoms with Crippen molar-refractivity contribution in [2.45, 2.75) is 64.0 Å². The first-order chi connectivity index (χ1) is 9.25. The number of hydrogen-bond donors (Lipinski definition) is 1. The van der Waals surface area contributed by atoms with Gasteiger partial charge in [-0.25, -0.2) is 0 Å². The first-order valence-corrected chi connectivity index (χ1v) is 8.41. The van der Waals surface area contributed by atoms with Crippen molar-refractivity contribution in [1.29, 1.82) is 0 Å². The minimum Gasteiger partial charge on any atom is -0.312 e. The lowest BCUT2D eigenvalue weighted by Gasteiger charge is -2.30. The predicted molar refractivity (Wildman–Crippen MR) is 82.6 cm³/mol. The second-order valence-electron chi connectivity index (χ2n) is 6.62. The van der Waals surface area contributed by atoms with Crippen LogP contribution in [0.3, 0.4) is 0 Å². The minimum atomic E-state index is 0.657. The van der Waals surface area contributed by atoms with Crippen molar-refractivity contribution in [3.05, 3.63) is 0 Å². The fraction of sp³-hybridized carbons (Fsp3) is 1.00. The summed E-state index contributed by atoms with van der Waals surface area (Å²) in [5.41, 5.74) is 0. The molecule has 1 atom stereocenters. The van der Waals surface area contributed by atoms with E-state index in [4.69, 9.17) is 0 Å². The number of nitrogens with one attached hydrogen (secondary N) is 1. The van der Waals surface area contributed by atoms with Gasteiger partial charge in [-0.2, -0.15) is 0 Å². The van der Waals surface area contributed by atoms with Gasteiger partial charge in [0.15, 0.2) is 0 Å². The molecule has 1 saturated carbocycles. The number of nitrogens with zero attached hydrogens (tertiary/aromatic N) is 2. The van der Waals surface area contributed by atoms with E-state index in [9.17, 15) is 0 Å². The highest BCUT2D eigenvalue weighted by atomic mass is 15.2. The molecule has 0 bridgehead atoms. The number of likely N-dealkylation sites (tertiary alicyclic amines) is 1. The molecule has 1 aliphatic carbocycles. The van der Waals surface area contributed by atoms with Crippen molar-refractivity contribution < 1.29 is 0 Å². The second-order valence-corrected chi connectivity index (χ2v) is 6.62. The summed E-state index contributed by atoms with van der Waals surface area (Å²) in [5, 5.41) is 3.77. The Morgan fingerprint density at radius 1 is 1.11 bits per heavy atom. The van der Waals surface area contributed by atoms with E-state index in [1.54, 1.807) is 0 Å². The van der Waals surface area contributed by atoms with Crippen molar-refractivity contribution in [3.8, 4) is 0 Å². The molecule has 1 aliphatic heterocycles. The van der Waals surface area contributed by atoms with E-state index >= 15 is 0 Å². The molecule has 0 aromatic rings. The number of likely N-dealkylation sites (N-methyl/N-ethyl adjacent to an activating group) is 1. The van der Waals surface area contributed by atoms with Crippen LogP contribution in [0.2, 0.25) is 0 Å². The van der Waals surface area contributed by atoms with Crippen LogP contribution < -0.4 is 5.32 Å². The molecule has 0 aromatic carbocycles. The smallest absolute Gasteiger partial charge is 0.0189 e. The Kier molecular flexibility index (Phi) is 6.62. The van der Waals surface area contributed by atoms with Crippen LogP contribution in [0.15, 0.2) is 0 Å². The first kappa shape index (κ1) is 15.3. The predicted octanol–water partition coefficient (Wildman–Crippen LogP) is 2.32. The lowest BCUT2D eigenvalue weighted by Crippen LogP contribution is -2.44. The highest BCUT2D eigenvalue weighted by Crippen LogP contribution is 2.17. The van der Waals surface area contributed by atoms with Gasteiger partial charge in [0, 0.05) is 31.7 Å². The van der Waals surface area contributed by atoms with Gasteiger partial charge >= 0.3 is 0 Å². The van der Waals surface area contributed by atoms with Crippen LogP contribution in [0.4, 0.5) is 0 Å². The Labute approximate surface area is 119 Å². The SMILES string of the molecule is CC(CNC1CCCCC1)N(C)CCN1CCCC1. The van der Waals surface area contributed by atoms with Gasteiger partial charge in [-0.05, 0) is 52.7 Å². The molecular weight excluding hydrogens is 234 g/mol. The normalized spacial score (nSPS) is 24.2. The Morgan fingerprint density at radius 3 is 2.47 bits per heavy atom. The quantitative estimate of drug-likeness (QED) is 0.764. The van der Waals surface area contributed by atoms with E-state index in [0.29, 0.717) is 6.04 Å². The van der Waals surface area contributed by atoms with Crippen LogP contribution in [0, 0.1) is 0 Å². The third-order valence-electron chi connectivity index (χ3n) is 5.03. The summed E-state index contributed by atoms with van der Waals surface area (Å²) in [6.45, 7) is 8.63. The molecule has 1 heterocycles. The van der Waals surface area contributed by atoms with Crippen LogP contribution in [0.5, 0.6) is 0 Å². The summed E-state index contributed by atoms with van der Waals surface area (Å²) in [6, 6.07) is 1.45. The first-order valence-electron chi connectivity index (χ1n) is 8.41. The maximum absolute atomic E-state index is 3.77. The summed E-state index contributed by atoms with van der Waals surface area (Å²) in [4.78, 5) is 5.13. The molecule has 0 aromatic heterocycles. The standard InChI is InChI=1S/C16H33N3/c1-15(14-17-16-8-4-3-5-9-16)18(2)12-13-19-10-6-7-11-19/h15-17H,3-14H2,1-2H3. The molecule has 3 heteroatoms. The zero-order valence-corrected chi connectivity index (χ0v) is 13.0. The second kappa shape index (κ2) is 8.23. The largest absolute Gasteiger partial charge is 0.312 e. The Hall–Kier alpha value is -0.120. The summed E-state index contributed by atoms with van der Waals surface area (Å²) in [6.07, 6.45) is 9.90. The minimum absolute atomic E-state index is 0.657. The van der Waals surface area contributed by atoms with Gasteiger partial charge in [0.1, 0.15) is 0 Å². The van der Waals surface area contributed by atoms with Crippen LogP contribution >= 0.6 is 0 Å². The lowest BCUT2D eigenvalue weighted by atomic mass is 9.95. The van der Waals surface area contributed by atoms with Gasteiger partial charge in [-0.3, -0.25) is 0 Å². The zero-order chi connectivity index (χ0) is 13.5. The van der Waals surface area contributed by atoms with Gasteiger partial charge in [-0.15, -0.1) is 0 Å². The van der Waals surface area contributed by atoms with E-state index in [0.717, 1.165) is 12.6 Å². The van der Waals surface area contributed by atoms with Crippen molar-refractivity contribution >= 4 is 0 Å². The third kappa shape index (κ3) is 5.41. The molecule has 2 fully saturated rings. The molecule has 2 aliphatic rings. The monoisotopic (exact) mass is 267 g/mol. The molecule has 1 unspecified atom stereocenters. The van der Waals surface area contributed by atoms with E-state index in [2.05, 4.69) is 29.1 Å². The van der Waals surface area contributed by atoms with E-state index in [1.165, 1.54) is 71.1 Å². The molecule has 19 heavy (non-hydrogen) atoms. The van der Waals surface area contributed by atoms with E-state index in [1.807, 2.05) is 0 Å². The van der Waals surface area contributed by atoms with Crippen LogP contribution in [0.1, 0.15) is 51.9 Å². The summed E-state index contributed by atoms with van der Waals surface area (Å²) in [5.74, 6) is 0. The summed E-state index contributed by atoms with van der Waals surface area (Å²) < 4.78 is 0. The fourth-order valence-electron chi connectivity index (χ4n) is 3.33. The Morgan fingerprint density at radius 2 is 1.79 bits per heavy atom. The van der Waals surface area contributed by atoms with Crippen molar-refractivity contribution in [2.24, 2.45) is 0 Å². The average molecular weight is 267 g/mol. The number of hydrogen-bond acceptors (Lipinski definition) is 3. The highest BCUT2D eigenvalue weighted by molar-refractivity contribution is 4.76. The molecular formula is C16H33N3. The maximum atomic E-state index is 3.77. The van der Waals surface area contributed by atoms with Crippen molar-refractivity contribution in [1.82, 2.24) is 15.1 Å². The van der Waals surface area contributed by atoms with E-state index in [-0.39, 0.29) is 0 Å². The number of rotatable bonds is 7. The highest BCUT2D eigenvalue weighted by Gasteiger charge is 2.17. The molecule has 1 N–H and O–H groups in total. The lowest BCUT2D eigenvalue weighted by molar-refractivity contribution is 0.204. The van der Waals surface area contributed by atoms with Gasteiger partial charge in [0.05, 0.1) is 0 Å². The van der Waals surface area contributed by atoms with E-state index < -0.39 is 0 Å². The van der Waals surface area contributed by atoms with Crippen LogP contribution in [-0.2, 0) is 0 Å². The average Bonchev–Trinajstić information content (AvgIpc) is 2.96. The third-order valence-corrected chi connectivity index (χ3v) is 5.03.